The maximum absolute atomic E-state index is 12.2. The predicted octanol–water partition coefficient (Wildman–Crippen LogP) is 4.58. The lowest BCUT2D eigenvalue weighted by Gasteiger charge is -2.29. The summed E-state index contributed by atoms with van der Waals surface area (Å²) in [5.74, 6) is 0.278. The van der Waals surface area contributed by atoms with Crippen LogP contribution in [0.4, 0.5) is 4.79 Å². The van der Waals surface area contributed by atoms with Gasteiger partial charge in [-0.05, 0) is 53.9 Å². The SMILES string of the molecule is CC(C)(C)OC(=O)CC(CC1CCCCC1)NC(=O)OC(C)(C)C. The van der Waals surface area contributed by atoms with Crippen LogP contribution in [0.2, 0.25) is 0 Å². The number of ether oxygens (including phenoxy) is 2. The van der Waals surface area contributed by atoms with E-state index >= 15 is 0 Å². The molecule has 1 N–H and O–H groups in total. The molecular formula is C19H35NO4. The molecule has 1 aliphatic rings. The highest BCUT2D eigenvalue weighted by Gasteiger charge is 2.27. The Bertz CT molecular complexity index is 384. The Balaban J connectivity index is 2.63. The summed E-state index contributed by atoms with van der Waals surface area (Å²) in [5, 5.41) is 2.88. The van der Waals surface area contributed by atoms with Crippen LogP contribution in [0.25, 0.3) is 0 Å². The third-order valence-electron chi connectivity index (χ3n) is 3.90. The van der Waals surface area contributed by atoms with Gasteiger partial charge in [-0.3, -0.25) is 4.79 Å². The van der Waals surface area contributed by atoms with Crippen LogP contribution in [0, 0.1) is 5.92 Å². The van der Waals surface area contributed by atoms with Gasteiger partial charge in [0.15, 0.2) is 0 Å². The molecule has 1 amide bonds. The van der Waals surface area contributed by atoms with Crippen molar-refractivity contribution in [3.05, 3.63) is 0 Å². The Morgan fingerprint density at radius 2 is 1.50 bits per heavy atom. The first kappa shape index (κ1) is 20.8. The molecule has 1 fully saturated rings. The lowest BCUT2D eigenvalue weighted by molar-refractivity contribution is -0.155. The van der Waals surface area contributed by atoms with E-state index in [9.17, 15) is 9.59 Å². The van der Waals surface area contributed by atoms with Gasteiger partial charge in [0.1, 0.15) is 11.2 Å². The van der Waals surface area contributed by atoms with Crippen molar-refractivity contribution < 1.29 is 19.1 Å². The van der Waals surface area contributed by atoms with Gasteiger partial charge in [-0.2, -0.15) is 0 Å². The fourth-order valence-corrected chi connectivity index (χ4v) is 3.08. The van der Waals surface area contributed by atoms with Crippen LogP contribution in [0.5, 0.6) is 0 Å². The number of hydrogen-bond acceptors (Lipinski definition) is 4. The number of amides is 1. The maximum atomic E-state index is 12.2. The summed E-state index contributed by atoms with van der Waals surface area (Å²) < 4.78 is 10.7. The van der Waals surface area contributed by atoms with Crippen molar-refractivity contribution in [2.24, 2.45) is 5.92 Å². The fraction of sp³-hybridized carbons (Fsp3) is 0.895. The number of rotatable bonds is 5. The average Bonchev–Trinajstić information content (AvgIpc) is 2.34. The zero-order chi connectivity index (χ0) is 18.4. The highest BCUT2D eigenvalue weighted by Crippen LogP contribution is 2.28. The van der Waals surface area contributed by atoms with Crippen LogP contribution >= 0.6 is 0 Å². The van der Waals surface area contributed by atoms with Gasteiger partial charge in [0.2, 0.25) is 0 Å². The molecule has 0 spiro atoms. The molecule has 0 saturated heterocycles. The van der Waals surface area contributed by atoms with Crippen molar-refractivity contribution in [3.63, 3.8) is 0 Å². The first-order valence-corrected chi connectivity index (χ1v) is 9.16. The normalized spacial score (nSPS) is 17.9. The highest BCUT2D eigenvalue weighted by molar-refractivity contribution is 5.73. The smallest absolute Gasteiger partial charge is 0.407 e. The van der Waals surface area contributed by atoms with E-state index in [1.807, 2.05) is 41.5 Å². The van der Waals surface area contributed by atoms with E-state index in [-0.39, 0.29) is 18.4 Å². The van der Waals surface area contributed by atoms with Crippen LogP contribution in [0.1, 0.15) is 86.5 Å². The van der Waals surface area contributed by atoms with Gasteiger partial charge in [-0.15, -0.1) is 0 Å². The summed E-state index contributed by atoms with van der Waals surface area (Å²) in [6, 6.07) is -0.238. The van der Waals surface area contributed by atoms with Crippen molar-refractivity contribution in [3.8, 4) is 0 Å². The quantitative estimate of drug-likeness (QED) is 0.743. The lowest BCUT2D eigenvalue weighted by Crippen LogP contribution is -2.42. The first-order valence-electron chi connectivity index (χ1n) is 9.16. The average molecular weight is 341 g/mol. The summed E-state index contributed by atoms with van der Waals surface area (Å²) in [5.41, 5.74) is -1.07. The van der Waals surface area contributed by atoms with Gasteiger partial charge in [-0.1, -0.05) is 32.1 Å². The van der Waals surface area contributed by atoms with Crippen LogP contribution in [-0.2, 0) is 14.3 Å². The minimum Gasteiger partial charge on any atom is -0.460 e. The molecule has 0 aromatic heterocycles. The van der Waals surface area contributed by atoms with E-state index in [4.69, 9.17) is 9.47 Å². The topological polar surface area (TPSA) is 64.6 Å². The van der Waals surface area contributed by atoms with E-state index < -0.39 is 17.3 Å². The molecule has 5 nitrogen and oxygen atoms in total. The molecule has 1 saturated carbocycles. The molecule has 140 valence electrons. The van der Waals surface area contributed by atoms with E-state index in [2.05, 4.69) is 5.32 Å². The second kappa shape index (κ2) is 8.72. The summed E-state index contributed by atoms with van der Waals surface area (Å²) in [6.07, 6.45) is 6.61. The molecule has 0 aromatic carbocycles. The second-order valence-corrected chi connectivity index (χ2v) is 8.87. The predicted molar refractivity (Wildman–Crippen MR) is 94.8 cm³/mol. The number of carbonyl (C=O) groups is 2. The third kappa shape index (κ3) is 9.78. The largest absolute Gasteiger partial charge is 0.460 e. The number of carbonyl (C=O) groups excluding carboxylic acids is 2. The van der Waals surface area contributed by atoms with Crippen LogP contribution in [0.3, 0.4) is 0 Å². The maximum Gasteiger partial charge on any atom is 0.407 e. The highest BCUT2D eigenvalue weighted by atomic mass is 16.6. The molecule has 0 heterocycles. The second-order valence-electron chi connectivity index (χ2n) is 8.87. The minimum absolute atomic E-state index is 0.188. The molecule has 1 atom stereocenters. The van der Waals surface area contributed by atoms with Crippen LogP contribution < -0.4 is 5.32 Å². The van der Waals surface area contributed by atoms with Gasteiger partial charge in [-0.25, -0.2) is 4.79 Å². The number of esters is 1. The molecule has 1 unspecified atom stereocenters. The van der Waals surface area contributed by atoms with Crippen molar-refractivity contribution in [2.45, 2.75) is 104 Å². The summed E-state index contributed by atoms with van der Waals surface area (Å²) in [6.45, 7) is 11.0. The molecular weight excluding hydrogens is 306 g/mol. The Kier molecular flexibility index (Phi) is 7.56. The van der Waals surface area contributed by atoms with E-state index in [1.54, 1.807) is 0 Å². The standard InChI is InChI=1S/C19H35NO4/c1-18(2,3)23-16(21)13-15(12-14-10-8-7-9-11-14)20-17(22)24-19(4,5)6/h14-15H,7-13H2,1-6H3,(H,20,22). The van der Waals surface area contributed by atoms with Gasteiger partial charge in [0, 0.05) is 6.04 Å². The molecule has 1 rings (SSSR count). The van der Waals surface area contributed by atoms with Crippen molar-refractivity contribution in [1.29, 1.82) is 0 Å². The summed E-state index contributed by atoms with van der Waals surface area (Å²) in [4.78, 5) is 24.3. The van der Waals surface area contributed by atoms with Crippen molar-refractivity contribution in [2.75, 3.05) is 0 Å². The van der Waals surface area contributed by atoms with E-state index in [1.165, 1.54) is 32.1 Å². The van der Waals surface area contributed by atoms with E-state index in [0.29, 0.717) is 5.92 Å². The summed E-state index contributed by atoms with van der Waals surface area (Å²) in [7, 11) is 0. The van der Waals surface area contributed by atoms with Gasteiger partial charge >= 0.3 is 12.1 Å². The zero-order valence-electron chi connectivity index (χ0n) is 16.2. The molecule has 0 bridgehead atoms. The Labute approximate surface area is 146 Å². The van der Waals surface area contributed by atoms with Crippen LogP contribution in [0.15, 0.2) is 0 Å². The van der Waals surface area contributed by atoms with Crippen LogP contribution in [-0.4, -0.2) is 29.3 Å². The Morgan fingerprint density at radius 3 is 2.00 bits per heavy atom. The monoisotopic (exact) mass is 341 g/mol. The Hall–Kier alpha value is -1.26. The Morgan fingerprint density at radius 1 is 0.958 bits per heavy atom. The number of nitrogens with one attached hydrogen (secondary N) is 1. The minimum atomic E-state index is -0.550. The van der Waals surface area contributed by atoms with E-state index in [0.717, 1.165) is 6.42 Å². The summed E-state index contributed by atoms with van der Waals surface area (Å²) >= 11 is 0. The van der Waals surface area contributed by atoms with Gasteiger partial charge < -0.3 is 14.8 Å². The fourth-order valence-electron chi connectivity index (χ4n) is 3.08. The molecule has 0 aromatic rings. The zero-order valence-corrected chi connectivity index (χ0v) is 16.2. The molecule has 0 aliphatic heterocycles. The molecule has 1 aliphatic carbocycles. The first-order chi connectivity index (χ1) is 10.9. The van der Waals surface area contributed by atoms with Gasteiger partial charge in [0.05, 0.1) is 6.42 Å². The third-order valence-corrected chi connectivity index (χ3v) is 3.90. The number of alkyl carbamates (subject to hydrolysis) is 1. The molecule has 0 radical (unpaired) electrons. The lowest BCUT2D eigenvalue weighted by atomic mass is 9.84. The molecule has 5 heteroatoms. The van der Waals surface area contributed by atoms with Crippen molar-refractivity contribution >= 4 is 12.1 Å². The van der Waals surface area contributed by atoms with Gasteiger partial charge in [0.25, 0.3) is 0 Å². The molecule has 24 heavy (non-hydrogen) atoms. The number of hydrogen-bond donors (Lipinski definition) is 1. The van der Waals surface area contributed by atoms with Crippen molar-refractivity contribution in [1.82, 2.24) is 5.32 Å².